The molecule has 0 spiro atoms. The van der Waals surface area contributed by atoms with Gasteiger partial charge in [-0.3, -0.25) is 5.32 Å². The van der Waals surface area contributed by atoms with Crippen LogP contribution in [0.5, 0.6) is 5.75 Å². The van der Waals surface area contributed by atoms with Crippen molar-refractivity contribution in [2.24, 2.45) is 0 Å². The molecule has 1 aliphatic rings. The van der Waals surface area contributed by atoms with E-state index >= 15 is 0 Å². The maximum absolute atomic E-state index is 11.9. The van der Waals surface area contributed by atoms with Crippen LogP contribution in [-0.4, -0.2) is 70.1 Å². The van der Waals surface area contributed by atoms with E-state index in [1.54, 1.807) is 31.2 Å². The lowest BCUT2D eigenvalue weighted by Crippen LogP contribution is -2.30. The summed E-state index contributed by atoms with van der Waals surface area (Å²) < 4.78 is 17.9. The van der Waals surface area contributed by atoms with Crippen LogP contribution in [0.15, 0.2) is 67.0 Å². The minimum absolute atomic E-state index is 0.0509. The number of carboxylic acid groups (broad SMARTS) is 1. The summed E-state index contributed by atoms with van der Waals surface area (Å²) in [7, 11) is 0. The van der Waals surface area contributed by atoms with Gasteiger partial charge in [0.1, 0.15) is 29.6 Å². The number of rotatable bonds is 13. The molecule has 3 aromatic rings. The van der Waals surface area contributed by atoms with Gasteiger partial charge in [-0.25, -0.2) is 19.6 Å². The zero-order valence-electron chi connectivity index (χ0n) is 23.0. The monoisotopic (exact) mass is 578 g/mol. The molecule has 42 heavy (non-hydrogen) atoms. The molecule has 13 nitrogen and oxygen atoms in total. The first-order chi connectivity index (χ1) is 20.3. The Kier molecular flexibility index (Phi) is 10.6. The predicted octanol–water partition coefficient (Wildman–Crippen LogP) is 3.31. The van der Waals surface area contributed by atoms with Crippen LogP contribution in [0.1, 0.15) is 35.7 Å². The number of urea groups is 1. The normalized spacial score (nSPS) is 18.9. The van der Waals surface area contributed by atoms with Gasteiger partial charge in [-0.1, -0.05) is 48.5 Å². The fourth-order valence-electron chi connectivity index (χ4n) is 4.32. The Morgan fingerprint density at radius 1 is 1.14 bits per heavy atom. The number of hydrogen-bond donors (Lipinski definition) is 6. The second kappa shape index (κ2) is 14.8. The molecule has 2 heterocycles. The van der Waals surface area contributed by atoms with Gasteiger partial charge < -0.3 is 40.8 Å². The Morgan fingerprint density at radius 3 is 2.64 bits per heavy atom. The lowest BCUT2D eigenvalue weighted by molar-refractivity contribution is -0.125. The first-order valence-electron chi connectivity index (χ1n) is 13.4. The summed E-state index contributed by atoms with van der Waals surface area (Å²) in [5.41, 5.74) is 7.27. The largest absolute Gasteiger partial charge is 0.493 e. The van der Waals surface area contributed by atoms with Crippen LogP contribution in [0.3, 0.4) is 0 Å². The molecule has 1 fully saturated rings. The number of ether oxygens (including phenoxy) is 3. The van der Waals surface area contributed by atoms with E-state index in [1.165, 1.54) is 18.5 Å². The van der Waals surface area contributed by atoms with Crippen molar-refractivity contribution in [3.05, 3.63) is 78.1 Å². The number of carbonyl (C=O) groups is 2. The number of para-hydroxylation sites is 1. The third-order valence-electron chi connectivity index (χ3n) is 6.30. The van der Waals surface area contributed by atoms with Crippen LogP contribution in [0, 0.1) is 0 Å². The van der Waals surface area contributed by atoms with E-state index in [0.29, 0.717) is 19.4 Å². The lowest BCUT2D eigenvalue weighted by atomic mass is 10.1. The number of aromatic carboxylic acids is 1. The van der Waals surface area contributed by atoms with E-state index in [1.807, 2.05) is 30.3 Å². The topological polar surface area (TPSA) is 190 Å². The molecular weight excluding hydrogens is 544 g/mol. The average Bonchev–Trinajstić information content (AvgIpc) is 3.35. The van der Waals surface area contributed by atoms with Gasteiger partial charge in [0.2, 0.25) is 0 Å². The number of hydrogen-bond acceptors (Lipinski definition) is 10. The summed E-state index contributed by atoms with van der Waals surface area (Å²) in [5, 5.41) is 28.3. The Hall–Kier alpha value is -4.72. The van der Waals surface area contributed by atoms with Crippen molar-refractivity contribution in [1.29, 1.82) is 0 Å². The summed E-state index contributed by atoms with van der Waals surface area (Å²) in [6.45, 7) is 2.35. The molecule has 2 aromatic carbocycles. The number of nitrogens with two attached hydrogens (primary N) is 1. The fourth-order valence-corrected chi connectivity index (χ4v) is 4.32. The maximum atomic E-state index is 11.9. The highest BCUT2D eigenvalue weighted by Gasteiger charge is 2.37. The maximum Gasteiger partial charge on any atom is 0.339 e. The summed E-state index contributed by atoms with van der Waals surface area (Å²) in [4.78, 5) is 31.7. The second-order valence-corrected chi connectivity index (χ2v) is 9.29. The number of carboxylic acids is 1. The van der Waals surface area contributed by atoms with Crippen molar-refractivity contribution >= 4 is 35.4 Å². The van der Waals surface area contributed by atoms with Crippen molar-refractivity contribution in [1.82, 2.24) is 15.3 Å². The van der Waals surface area contributed by atoms with Gasteiger partial charge in [0.15, 0.2) is 17.9 Å². The zero-order valence-corrected chi connectivity index (χ0v) is 23.0. The standard InChI is InChI=1S/C29H34N6O7/c1-2-31-29(39)35-27-25(30)26(32-17-33-27)34-23-16-22(42-24(36)13-12-18-8-4-3-5-9-18)21(41-23)14-15-40-20-11-7-6-10-19(20)28(37)38/h3-13,17,21-24,36H,2,14-16,30H2,1H3,(H,37,38)(H3,31,32,33,34,35,39)/b13-12+/t21?,22?,23-,24-/m1/s1. The number of amides is 2. The van der Waals surface area contributed by atoms with Crippen LogP contribution in [0.25, 0.3) is 6.08 Å². The van der Waals surface area contributed by atoms with Crippen molar-refractivity contribution in [3.63, 3.8) is 0 Å². The molecule has 4 atom stereocenters. The molecule has 4 rings (SSSR count). The fraction of sp³-hybridized carbons (Fsp3) is 0.310. The quantitative estimate of drug-likeness (QED) is 0.163. The van der Waals surface area contributed by atoms with E-state index in [9.17, 15) is 19.8 Å². The third kappa shape index (κ3) is 8.39. The molecule has 1 saturated heterocycles. The molecule has 7 N–H and O–H groups in total. The van der Waals surface area contributed by atoms with E-state index in [2.05, 4.69) is 25.9 Å². The number of aliphatic hydroxyl groups excluding tert-OH is 1. The molecule has 1 aromatic heterocycles. The van der Waals surface area contributed by atoms with Gasteiger partial charge in [-0.05, 0) is 30.7 Å². The van der Waals surface area contributed by atoms with Gasteiger partial charge >= 0.3 is 12.0 Å². The van der Waals surface area contributed by atoms with Gasteiger partial charge in [0.25, 0.3) is 0 Å². The molecule has 222 valence electrons. The second-order valence-electron chi connectivity index (χ2n) is 9.29. The number of nitrogen functional groups attached to an aromatic ring is 1. The van der Waals surface area contributed by atoms with Crippen molar-refractivity contribution < 1.29 is 34.0 Å². The van der Waals surface area contributed by atoms with Crippen LogP contribution in [0.2, 0.25) is 0 Å². The van der Waals surface area contributed by atoms with Crippen LogP contribution in [-0.2, 0) is 9.47 Å². The van der Waals surface area contributed by atoms with E-state index < -0.39 is 36.7 Å². The Balaban J connectivity index is 1.44. The summed E-state index contributed by atoms with van der Waals surface area (Å²) in [6, 6.07) is 15.4. The highest BCUT2D eigenvalue weighted by Crippen LogP contribution is 2.31. The minimum atomic E-state index is -1.22. The molecule has 2 amide bonds. The first kappa shape index (κ1) is 30.2. The van der Waals surface area contributed by atoms with Crippen LogP contribution >= 0.6 is 0 Å². The number of anilines is 3. The van der Waals surface area contributed by atoms with Gasteiger partial charge in [-0.2, -0.15) is 0 Å². The van der Waals surface area contributed by atoms with Crippen molar-refractivity contribution in [2.45, 2.75) is 44.5 Å². The smallest absolute Gasteiger partial charge is 0.339 e. The first-order valence-corrected chi connectivity index (χ1v) is 13.4. The van der Waals surface area contributed by atoms with Crippen molar-refractivity contribution in [2.75, 3.05) is 29.5 Å². The molecule has 0 bridgehead atoms. The van der Waals surface area contributed by atoms with Crippen LogP contribution < -0.4 is 26.4 Å². The number of aromatic nitrogens is 2. The van der Waals surface area contributed by atoms with E-state index in [4.69, 9.17) is 19.9 Å². The Labute approximate surface area is 242 Å². The average molecular weight is 579 g/mol. The molecule has 1 aliphatic heterocycles. The SMILES string of the molecule is CCNC(=O)Nc1ncnc(N[C@H]2CC(O[C@@H](O)/C=C/c3ccccc3)C(CCOc3ccccc3C(=O)O)O2)c1N. The highest BCUT2D eigenvalue weighted by atomic mass is 16.6. The highest BCUT2D eigenvalue weighted by molar-refractivity contribution is 5.93. The predicted molar refractivity (Wildman–Crippen MR) is 156 cm³/mol. The lowest BCUT2D eigenvalue weighted by Gasteiger charge is -2.21. The molecule has 0 aliphatic carbocycles. The van der Waals surface area contributed by atoms with Crippen molar-refractivity contribution in [3.8, 4) is 5.75 Å². The molecule has 2 unspecified atom stereocenters. The number of benzene rings is 2. The zero-order chi connectivity index (χ0) is 29.9. The van der Waals surface area contributed by atoms with E-state index in [0.717, 1.165) is 5.56 Å². The Bertz CT molecular complexity index is 1370. The molecular formula is C29H34N6O7. The number of nitrogens with one attached hydrogen (secondary N) is 3. The number of nitrogens with zero attached hydrogens (tertiary/aromatic N) is 2. The summed E-state index contributed by atoms with van der Waals surface area (Å²) in [6.07, 6.45) is 2.26. The third-order valence-corrected chi connectivity index (χ3v) is 6.30. The van der Waals surface area contributed by atoms with Gasteiger partial charge in [0, 0.05) is 19.4 Å². The van der Waals surface area contributed by atoms with Crippen LogP contribution in [0.4, 0.5) is 22.1 Å². The minimum Gasteiger partial charge on any atom is -0.493 e. The van der Waals surface area contributed by atoms with Gasteiger partial charge in [-0.15, -0.1) is 0 Å². The van der Waals surface area contributed by atoms with E-state index in [-0.39, 0.29) is 35.2 Å². The number of carbonyl (C=O) groups excluding carboxylic acids is 1. The molecule has 0 radical (unpaired) electrons. The Morgan fingerprint density at radius 2 is 1.88 bits per heavy atom. The van der Waals surface area contributed by atoms with Gasteiger partial charge in [0.05, 0.1) is 18.8 Å². The summed E-state index contributed by atoms with van der Waals surface area (Å²) in [5.74, 6) is -0.475. The summed E-state index contributed by atoms with van der Waals surface area (Å²) >= 11 is 0. The molecule has 0 saturated carbocycles. The number of aliphatic hydroxyl groups is 1. The molecule has 13 heteroatoms.